The van der Waals surface area contributed by atoms with E-state index in [1.165, 1.54) is 0 Å². The number of likely N-dealkylation sites (N-methyl/N-ethyl adjacent to an activating group) is 1. The van der Waals surface area contributed by atoms with Crippen LogP contribution in [0.15, 0.2) is 53.6 Å². The third kappa shape index (κ3) is 4.61. The molecule has 0 amide bonds. The van der Waals surface area contributed by atoms with Crippen molar-refractivity contribution < 1.29 is 13.2 Å². The Hall–Kier alpha value is -2.51. The third-order valence-electron chi connectivity index (χ3n) is 4.30. The molecule has 0 fully saturated rings. The van der Waals surface area contributed by atoms with Crippen molar-refractivity contribution in [1.29, 1.82) is 0 Å². The highest BCUT2D eigenvalue weighted by atomic mass is 32.2. The Morgan fingerprint density at radius 3 is 2.52 bits per heavy atom. The number of anilines is 1. The molecule has 2 N–H and O–H groups in total. The van der Waals surface area contributed by atoms with Gasteiger partial charge in [-0.3, -0.25) is 4.72 Å². The van der Waals surface area contributed by atoms with Crippen LogP contribution >= 0.6 is 0 Å². The summed E-state index contributed by atoms with van der Waals surface area (Å²) in [6.45, 7) is 3.37. The topological polar surface area (TPSA) is 74.4 Å². The van der Waals surface area contributed by atoms with Crippen molar-refractivity contribution in [2.24, 2.45) is 0 Å². The van der Waals surface area contributed by atoms with Gasteiger partial charge in [0.2, 0.25) is 0 Å². The number of ether oxygens (including phenoxy) is 1. The van der Waals surface area contributed by atoms with Gasteiger partial charge in [-0.25, -0.2) is 8.42 Å². The summed E-state index contributed by atoms with van der Waals surface area (Å²) in [5.74, 6) is 0.708. The molecule has 0 aliphatic carbocycles. The van der Waals surface area contributed by atoms with Crippen molar-refractivity contribution >= 4 is 26.6 Å². The van der Waals surface area contributed by atoms with Gasteiger partial charge in [0.15, 0.2) is 0 Å². The van der Waals surface area contributed by atoms with Crippen LogP contribution in [-0.4, -0.2) is 45.5 Å². The highest BCUT2D eigenvalue weighted by molar-refractivity contribution is 7.92. The number of hydrogen-bond acceptors (Lipinski definition) is 4. The lowest BCUT2D eigenvalue weighted by Gasteiger charge is -2.10. The minimum absolute atomic E-state index is 0.245. The fourth-order valence-corrected chi connectivity index (χ4v) is 3.96. The van der Waals surface area contributed by atoms with Crippen LogP contribution in [0, 0.1) is 0 Å². The zero-order valence-corrected chi connectivity index (χ0v) is 16.6. The number of hydrogen-bond donors (Lipinski definition) is 2. The van der Waals surface area contributed by atoms with Gasteiger partial charge < -0.3 is 14.6 Å². The number of rotatable bonds is 8. The highest BCUT2D eigenvalue weighted by Gasteiger charge is 2.16. The molecule has 0 unspecified atom stereocenters. The molecule has 7 heteroatoms. The number of fused-ring (bicyclic) bond motifs is 1. The van der Waals surface area contributed by atoms with Crippen molar-refractivity contribution in [2.45, 2.75) is 18.2 Å². The molecule has 0 aliphatic rings. The SMILES string of the molecule is CCOc1ccc(NS(=O)(=O)c2ccc3[nH]cc(CCN(C)C)c3c2)cc1. The third-order valence-corrected chi connectivity index (χ3v) is 5.67. The summed E-state index contributed by atoms with van der Waals surface area (Å²) >= 11 is 0. The van der Waals surface area contributed by atoms with E-state index in [-0.39, 0.29) is 4.90 Å². The first kappa shape index (κ1) is 19.3. The molecule has 2 aromatic carbocycles. The lowest BCUT2D eigenvalue weighted by Crippen LogP contribution is -2.15. The van der Waals surface area contributed by atoms with E-state index < -0.39 is 10.0 Å². The number of aromatic nitrogens is 1. The predicted molar refractivity (Wildman–Crippen MR) is 109 cm³/mol. The van der Waals surface area contributed by atoms with Gasteiger partial charge in [0.1, 0.15) is 5.75 Å². The van der Waals surface area contributed by atoms with E-state index in [0.717, 1.165) is 29.4 Å². The number of H-pyrrole nitrogens is 1. The van der Waals surface area contributed by atoms with Crippen LogP contribution in [-0.2, 0) is 16.4 Å². The summed E-state index contributed by atoms with van der Waals surface area (Å²) in [5, 5.41) is 0.936. The van der Waals surface area contributed by atoms with Gasteiger partial charge in [-0.1, -0.05) is 0 Å². The van der Waals surface area contributed by atoms with Crippen LogP contribution in [0.5, 0.6) is 5.75 Å². The first-order valence-corrected chi connectivity index (χ1v) is 10.4. The molecular weight excluding hydrogens is 362 g/mol. The monoisotopic (exact) mass is 387 g/mol. The maximum atomic E-state index is 12.8. The molecule has 3 aromatic rings. The van der Waals surface area contributed by atoms with Crippen molar-refractivity contribution in [3.8, 4) is 5.75 Å². The summed E-state index contributed by atoms with van der Waals surface area (Å²) in [6, 6.07) is 12.0. The number of sulfonamides is 1. The number of aromatic amines is 1. The molecule has 6 nitrogen and oxygen atoms in total. The lowest BCUT2D eigenvalue weighted by molar-refractivity contribution is 0.340. The molecule has 1 aromatic heterocycles. The van der Waals surface area contributed by atoms with E-state index in [9.17, 15) is 8.42 Å². The Kier molecular flexibility index (Phi) is 5.72. The maximum absolute atomic E-state index is 12.8. The van der Waals surface area contributed by atoms with Crippen LogP contribution in [0.2, 0.25) is 0 Å². The van der Waals surface area contributed by atoms with Gasteiger partial charge in [-0.15, -0.1) is 0 Å². The molecule has 0 spiro atoms. The zero-order chi connectivity index (χ0) is 19.4. The molecule has 144 valence electrons. The Labute approximate surface area is 160 Å². The van der Waals surface area contributed by atoms with Crippen molar-refractivity contribution in [2.75, 3.05) is 32.0 Å². The lowest BCUT2D eigenvalue weighted by atomic mass is 10.1. The second-order valence-corrected chi connectivity index (χ2v) is 8.32. The molecule has 3 rings (SSSR count). The molecule has 0 bridgehead atoms. The Morgan fingerprint density at radius 2 is 1.85 bits per heavy atom. The largest absolute Gasteiger partial charge is 0.494 e. The van der Waals surface area contributed by atoms with Gasteiger partial charge in [-0.2, -0.15) is 0 Å². The minimum Gasteiger partial charge on any atom is -0.494 e. The average Bonchev–Trinajstić information content (AvgIpc) is 3.04. The number of nitrogens with one attached hydrogen (secondary N) is 2. The average molecular weight is 388 g/mol. The first-order valence-electron chi connectivity index (χ1n) is 8.89. The Morgan fingerprint density at radius 1 is 1.11 bits per heavy atom. The van der Waals surface area contributed by atoms with Crippen LogP contribution in [0.3, 0.4) is 0 Å². The van der Waals surface area contributed by atoms with E-state index in [1.807, 2.05) is 27.2 Å². The summed E-state index contributed by atoms with van der Waals surface area (Å²) in [7, 11) is 0.368. The van der Waals surface area contributed by atoms with Crippen molar-refractivity contribution in [3.63, 3.8) is 0 Å². The first-order chi connectivity index (χ1) is 12.9. The van der Waals surface area contributed by atoms with Crippen LogP contribution < -0.4 is 9.46 Å². The predicted octanol–water partition coefficient (Wildman–Crippen LogP) is 3.47. The minimum atomic E-state index is -3.67. The van der Waals surface area contributed by atoms with Gasteiger partial charge in [0.05, 0.1) is 11.5 Å². The van der Waals surface area contributed by atoms with Gasteiger partial charge >= 0.3 is 0 Å². The van der Waals surface area contributed by atoms with Gasteiger partial charge in [0.25, 0.3) is 10.0 Å². The van der Waals surface area contributed by atoms with Crippen molar-refractivity contribution in [3.05, 3.63) is 54.2 Å². The normalized spacial score (nSPS) is 11.9. The second-order valence-electron chi connectivity index (χ2n) is 6.64. The second kappa shape index (κ2) is 8.02. The molecule has 0 aliphatic heterocycles. The highest BCUT2D eigenvalue weighted by Crippen LogP contribution is 2.25. The number of benzene rings is 2. The molecule has 1 heterocycles. The fraction of sp³-hybridized carbons (Fsp3) is 0.300. The molecule has 27 heavy (non-hydrogen) atoms. The summed E-state index contributed by atoms with van der Waals surface area (Å²) < 4.78 is 33.6. The summed E-state index contributed by atoms with van der Waals surface area (Å²) in [4.78, 5) is 5.56. The van der Waals surface area contributed by atoms with Crippen LogP contribution in [0.1, 0.15) is 12.5 Å². The smallest absolute Gasteiger partial charge is 0.261 e. The Bertz CT molecular complexity index is 1010. The summed E-state index contributed by atoms with van der Waals surface area (Å²) in [6.07, 6.45) is 2.80. The Balaban J connectivity index is 1.85. The van der Waals surface area contributed by atoms with Crippen LogP contribution in [0.4, 0.5) is 5.69 Å². The van der Waals surface area contributed by atoms with Gasteiger partial charge in [-0.05, 0) is 75.5 Å². The molecule has 0 saturated carbocycles. The fourth-order valence-electron chi connectivity index (χ4n) is 2.88. The van der Waals surface area contributed by atoms with E-state index in [1.54, 1.807) is 42.5 Å². The molecule has 0 atom stereocenters. The van der Waals surface area contributed by atoms with E-state index in [4.69, 9.17) is 4.74 Å². The molecular formula is C20H25N3O3S. The van der Waals surface area contributed by atoms with E-state index >= 15 is 0 Å². The van der Waals surface area contributed by atoms with Crippen LogP contribution in [0.25, 0.3) is 10.9 Å². The molecule has 0 radical (unpaired) electrons. The zero-order valence-electron chi connectivity index (χ0n) is 15.8. The molecule has 0 saturated heterocycles. The van der Waals surface area contributed by atoms with Crippen molar-refractivity contribution in [1.82, 2.24) is 9.88 Å². The van der Waals surface area contributed by atoms with E-state index in [2.05, 4.69) is 14.6 Å². The standard InChI is InChI=1S/C20H25N3O3S/c1-4-26-17-7-5-16(6-8-17)22-27(24,25)18-9-10-20-19(13-18)15(14-21-20)11-12-23(2)3/h5-10,13-14,21-22H,4,11-12H2,1-3H3. The maximum Gasteiger partial charge on any atom is 0.261 e. The van der Waals surface area contributed by atoms with E-state index in [0.29, 0.717) is 18.0 Å². The number of nitrogens with zero attached hydrogens (tertiary/aromatic N) is 1. The quantitative estimate of drug-likeness (QED) is 0.621. The van der Waals surface area contributed by atoms with Gasteiger partial charge in [0, 0.05) is 29.3 Å². The summed E-state index contributed by atoms with van der Waals surface area (Å²) in [5.41, 5.74) is 2.54.